The lowest BCUT2D eigenvalue weighted by atomic mass is 9.65. The molecule has 3 aliphatic rings. The zero-order valence-electron chi connectivity index (χ0n) is 22.6. The monoisotopic (exact) mass is 521 g/mol. The van der Waals surface area contributed by atoms with Crippen LogP contribution in [0.25, 0.3) is 0 Å². The molecule has 0 spiro atoms. The number of rotatable bonds is 6. The summed E-state index contributed by atoms with van der Waals surface area (Å²) in [5.74, 6) is 1.54. The molecule has 0 unspecified atom stereocenters. The van der Waals surface area contributed by atoms with Gasteiger partial charge in [0.1, 0.15) is 12.0 Å². The lowest BCUT2D eigenvalue weighted by Crippen LogP contribution is -2.65. The number of hydrogen-bond acceptors (Lipinski definition) is 6. The number of methoxy groups -OCH3 is 1. The number of benzene rings is 2. The van der Waals surface area contributed by atoms with Gasteiger partial charge in [-0.05, 0) is 54.7 Å². The second-order valence-corrected chi connectivity index (χ2v) is 10.9. The molecule has 1 saturated carbocycles. The van der Waals surface area contributed by atoms with E-state index >= 15 is 0 Å². The van der Waals surface area contributed by atoms with E-state index in [-0.39, 0.29) is 17.7 Å². The summed E-state index contributed by atoms with van der Waals surface area (Å²) in [4.78, 5) is 14.4. The summed E-state index contributed by atoms with van der Waals surface area (Å²) in [6.07, 6.45) is 9.19. The van der Waals surface area contributed by atoms with Crippen molar-refractivity contribution in [1.82, 2.24) is 15.5 Å². The van der Waals surface area contributed by atoms with Crippen molar-refractivity contribution in [2.24, 2.45) is 5.92 Å². The highest BCUT2D eigenvalue weighted by molar-refractivity contribution is 5.90. The number of nitrogens with zero attached hydrogens (tertiary/aromatic N) is 1. The largest absolute Gasteiger partial charge is 0.497 e. The van der Waals surface area contributed by atoms with E-state index in [9.17, 15) is 4.79 Å². The minimum absolute atomic E-state index is 0.0375. The van der Waals surface area contributed by atoms with Crippen LogP contribution in [0.3, 0.4) is 0 Å². The molecule has 0 aromatic heterocycles. The molecular weight excluding hydrogens is 478 g/mol. The Hall–Kier alpha value is -2.81. The Balaban J connectivity index is 1.25. The van der Waals surface area contributed by atoms with Gasteiger partial charge in [0.2, 0.25) is 0 Å². The molecule has 0 bridgehead atoms. The highest BCUT2D eigenvalue weighted by Gasteiger charge is 2.43. The van der Waals surface area contributed by atoms with Gasteiger partial charge in [0.15, 0.2) is 0 Å². The summed E-state index contributed by atoms with van der Waals surface area (Å²) in [5.41, 5.74) is 3.16. The van der Waals surface area contributed by atoms with Gasteiger partial charge in [-0.25, -0.2) is 4.79 Å². The number of anilines is 2. The highest BCUT2D eigenvalue weighted by Crippen LogP contribution is 2.41. The third-order valence-corrected chi connectivity index (χ3v) is 8.52. The Labute approximate surface area is 226 Å². The van der Waals surface area contributed by atoms with Gasteiger partial charge in [0.25, 0.3) is 0 Å². The van der Waals surface area contributed by atoms with E-state index in [1.54, 1.807) is 12.0 Å². The van der Waals surface area contributed by atoms with Crippen LogP contribution < -0.4 is 26.0 Å². The summed E-state index contributed by atoms with van der Waals surface area (Å²) in [6.45, 7) is 4.23. The summed E-state index contributed by atoms with van der Waals surface area (Å²) in [6, 6.07) is 16.6. The third kappa shape index (κ3) is 6.42. The molecule has 2 aromatic rings. The van der Waals surface area contributed by atoms with Crippen LogP contribution in [0.5, 0.6) is 5.75 Å². The third-order valence-electron chi connectivity index (χ3n) is 8.52. The fraction of sp³-hybridized carbons (Fsp3) is 0.567. The number of ether oxygens (including phenoxy) is 2. The van der Waals surface area contributed by atoms with Gasteiger partial charge in [-0.2, -0.15) is 0 Å². The van der Waals surface area contributed by atoms with Crippen molar-refractivity contribution in [3.05, 3.63) is 54.1 Å². The molecule has 3 fully saturated rings. The fourth-order valence-corrected chi connectivity index (χ4v) is 6.29. The zero-order chi connectivity index (χ0) is 26.2. The first-order valence-electron chi connectivity index (χ1n) is 14.3. The normalized spacial score (nSPS) is 25.2. The van der Waals surface area contributed by atoms with Gasteiger partial charge in [0, 0.05) is 43.0 Å². The van der Waals surface area contributed by atoms with Crippen molar-refractivity contribution in [1.29, 1.82) is 0 Å². The fourth-order valence-electron chi connectivity index (χ4n) is 6.29. The lowest BCUT2D eigenvalue weighted by molar-refractivity contribution is 0.0564. The second kappa shape index (κ2) is 12.8. The summed E-state index contributed by atoms with van der Waals surface area (Å²) in [7, 11) is 1.72. The van der Waals surface area contributed by atoms with Gasteiger partial charge >= 0.3 is 6.03 Å². The van der Waals surface area contributed by atoms with Crippen molar-refractivity contribution in [3.63, 3.8) is 0 Å². The van der Waals surface area contributed by atoms with E-state index in [0.717, 1.165) is 30.2 Å². The molecule has 4 N–H and O–H groups in total. The Kier molecular flexibility index (Phi) is 9.04. The first-order valence-corrected chi connectivity index (χ1v) is 14.3. The Morgan fingerprint density at radius 2 is 1.61 bits per heavy atom. The van der Waals surface area contributed by atoms with Crippen LogP contribution in [0, 0.1) is 5.92 Å². The average molecular weight is 522 g/mol. The standard InChI is InChI=1S/C30H43N5O3/c1-37-27-14-12-24(13-15-27)30(23-8-5-3-2-4-6-9-23)21-31-28(32-22-30)33-25-10-7-11-26(20-25)34-29(36)35-16-18-38-19-17-35/h7,10-15,20,23,28,31-33H,2-6,8-9,16-19,21-22H2,1H3,(H,34,36). The number of morpholine rings is 1. The first kappa shape index (κ1) is 26.8. The number of urea groups is 1. The molecule has 8 heteroatoms. The first-order chi connectivity index (χ1) is 18.7. The minimum atomic E-state index is -0.0807. The Morgan fingerprint density at radius 3 is 2.29 bits per heavy atom. The molecule has 0 radical (unpaired) electrons. The molecule has 206 valence electrons. The molecule has 5 rings (SSSR count). The number of nitrogens with one attached hydrogen (secondary N) is 4. The van der Waals surface area contributed by atoms with E-state index in [2.05, 4.69) is 45.5 Å². The molecule has 8 nitrogen and oxygen atoms in total. The van der Waals surface area contributed by atoms with E-state index in [4.69, 9.17) is 9.47 Å². The van der Waals surface area contributed by atoms with Crippen molar-refractivity contribution in [2.45, 2.75) is 56.7 Å². The van der Waals surface area contributed by atoms with Crippen LogP contribution in [0.15, 0.2) is 48.5 Å². The van der Waals surface area contributed by atoms with Gasteiger partial charge < -0.3 is 25.0 Å². The van der Waals surface area contributed by atoms with Crippen LogP contribution in [0.1, 0.15) is 50.5 Å². The minimum Gasteiger partial charge on any atom is -0.497 e. The molecule has 1 aliphatic carbocycles. The predicted octanol–water partition coefficient (Wildman–Crippen LogP) is 4.75. The van der Waals surface area contributed by atoms with Crippen LogP contribution in [-0.4, -0.2) is 63.7 Å². The quantitative estimate of drug-likeness (QED) is 0.439. The van der Waals surface area contributed by atoms with Crippen molar-refractivity contribution in [2.75, 3.05) is 57.1 Å². The number of hydrogen-bond donors (Lipinski definition) is 4. The summed E-state index contributed by atoms with van der Waals surface area (Å²) < 4.78 is 10.8. The van der Waals surface area contributed by atoms with Crippen LogP contribution in [0.2, 0.25) is 0 Å². The topological polar surface area (TPSA) is 86.9 Å². The van der Waals surface area contributed by atoms with Crippen LogP contribution in [0.4, 0.5) is 16.2 Å². The average Bonchev–Trinajstić information content (AvgIpc) is 2.94. The van der Waals surface area contributed by atoms with E-state index in [1.807, 2.05) is 24.3 Å². The smallest absolute Gasteiger partial charge is 0.322 e. The summed E-state index contributed by atoms with van der Waals surface area (Å²) in [5, 5.41) is 14.1. The Bertz CT molecular complexity index is 1020. The van der Waals surface area contributed by atoms with Crippen LogP contribution >= 0.6 is 0 Å². The second-order valence-electron chi connectivity index (χ2n) is 10.9. The molecule has 2 aromatic carbocycles. The molecular formula is C30H43N5O3. The molecule has 2 saturated heterocycles. The van der Waals surface area contributed by atoms with Crippen molar-refractivity contribution < 1.29 is 14.3 Å². The molecule has 2 amide bonds. The van der Waals surface area contributed by atoms with E-state index in [0.29, 0.717) is 32.2 Å². The number of amides is 2. The Morgan fingerprint density at radius 1 is 0.947 bits per heavy atom. The van der Waals surface area contributed by atoms with Crippen molar-refractivity contribution in [3.8, 4) is 5.75 Å². The van der Waals surface area contributed by atoms with E-state index < -0.39 is 0 Å². The maximum atomic E-state index is 12.6. The zero-order valence-corrected chi connectivity index (χ0v) is 22.6. The highest BCUT2D eigenvalue weighted by atomic mass is 16.5. The lowest BCUT2D eigenvalue weighted by Gasteiger charge is -2.48. The van der Waals surface area contributed by atoms with Crippen LogP contribution in [-0.2, 0) is 10.2 Å². The molecule has 38 heavy (non-hydrogen) atoms. The number of carbonyl (C=O) groups excluding carboxylic acids is 1. The van der Waals surface area contributed by atoms with Gasteiger partial charge in [0.05, 0.1) is 20.3 Å². The molecule has 0 atom stereocenters. The summed E-state index contributed by atoms with van der Waals surface area (Å²) >= 11 is 0. The van der Waals surface area contributed by atoms with E-state index in [1.165, 1.54) is 50.5 Å². The maximum absolute atomic E-state index is 12.6. The molecule has 2 heterocycles. The molecule has 2 aliphatic heterocycles. The SMILES string of the molecule is COc1ccc(C2(C3CCCCCCC3)CNC(Nc3cccc(NC(=O)N4CCOCC4)c3)NC2)cc1. The van der Waals surface area contributed by atoms with Gasteiger partial charge in [-0.15, -0.1) is 0 Å². The maximum Gasteiger partial charge on any atom is 0.322 e. The predicted molar refractivity (Wildman–Crippen MR) is 152 cm³/mol. The van der Waals surface area contributed by atoms with Gasteiger partial charge in [-0.3, -0.25) is 10.6 Å². The van der Waals surface area contributed by atoms with Gasteiger partial charge in [-0.1, -0.05) is 50.3 Å². The number of carbonyl (C=O) groups is 1. The van der Waals surface area contributed by atoms with Crippen molar-refractivity contribution >= 4 is 17.4 Å².